The third-order valence-corrected chi connectivity index (χ3v) is 1.49. The standard InChI is InChI=1S/C10H10O2.3CO.Cr/c1-12-10-7-3-2-5-9(10)6-4-8-11;3*1-2;/h2-8H,1H3;;;;/b6-4+;;;;. The molecule has 0 saturated carbocycles. The van der Waals surface area contributed by atoms with Crippen LogP contribution in [0.5, 0.6) is 5.75 Å². The predicted molar refractivity (Wildman–Crippen MR) is 59.9 cm³/mol. The van der Waals surface area contributed by atoms with Crippen molar-refractivity contribution in [2.75, 3.05) is 7.11 Å². The van der Waals surface area contributed by atoms with E-state index in [9.17, 15) is 4.79 Å². The van der Waals surface area contributed by atoms with Crippen molar-refractivity contribution in [1.82, 2.24) is 0 Å². The Labute approximate surface area is 122 Å². The van der Waals surface area contributed by atoms with E-state index in [2.05, 4.69) is 20.0 Å². The molecule has 0 unspecified atom stereocenters. The maximum absolute atomic E-state index is 10.1. The smallest absolute Gasteiger partial charge is 0 e. The van der Waals surface area contributed by atoms with Gasteiger partial charge < -0.3 is 4.74 Å². The number of benzene rings is 1. The molecule has 0 heterocycles. The van der Waals surface area contributed by atoms with E-state index >= 15 is 0 Å². The van der Waals surface area contributed by atoms with Crippen molar-refractivity contribution in [3.63, 3.8) is 0 Å². The zero-order valence-corrected chi connectivity index (χ0v) is 11.3. The Balaban J connectivity index is -0.000000142. The molecule has 0 atom stereocenters. The van der Waals surface area contributed by atoms with Crippen LogP contribution in [0.25, 0.3) is 6.08 Å². The summed E-state index contributed by atoms with van der Waals surface area (Å²) in [4.78, 5) is 10.1. The molecular weight excluding hydrogens is 288 g/mol. The summed E-state index contributed by atoms with van der Waals surface area (Å²) < 4.78 is 27.6. The second-order valence-electron chi connectivity index (χ2n) is 2.24. The Kier molecular flexibility index (Phi) is 34.3. The van der Waals surface area contributed by atoms with E-state index in [1.807, 2.05) is 24.3 Å². The fraction of sp³-hybridized carbons (Fsp3) is 0.0769. The second-order valence-corrected chi connectivity index (χ2v) is 2.24. The van der Waals surface area contributed by atoms with Gasteiger partial charge in [-0.05, 0) is 18.2 Å². The molecule has 1 aromatic carbocycles. The van der Waals surface area contributed by atoms with Crippen molar-refractivity contribution >= 4 is 12.4 Å². The van der Waals surface area contributed by atoms with E-state index < -0.39 is 0 Å². The maximum Gasteiger partial charge on any atom is 0 e. The Hall–Kier alpha value is -1.82. The van der Waals surface area contributed by atoms with Gasteiger partial charge in [-0.3, -0.25) is 4.79 Å². The Morgan fingerprint density at radius 2 is 1.53 bits per heavy atom. The molecule has 0 aliphatic heterocycles. The molecule has 0 radical (unpaired) electrons. The van der Waals surface area contributed by atoms with E-state index in [0.29, 0.717) is 0 Å². The largest absolute Gasteiger partial charge is 0 e. The first kappa shape index (κ1) is 25.9. The van der Waals surface area contributed by atoms with Crippen LogP contribution < -0.4 is 4.74 Å². The molecule has 0 aliphatic carbocycles. The molecule has 0 spiro atoms. The first-order valence-electron chi connectivity index (χ1n) is 4.24. The van der Waals surface area contributed by atoms with Crippen molar-refractivity contribution < 1.29 is 40.8 Å². The average molecular weight is 298 g/mol. The number of rotatable bonds is 3. The van der Waals surface area contributed by atoms with Gasteiger partial charge in [-0.15, -0.1) is 0 Å². The van der Waals surface area contributed by atoms with Gasteiger partial charge in [0, 0.05) is 22.9 Å². The molecule has 5 nitrogen and oxygen atoms in total. The van der Waals surface area contributed by atoms with E-state index in [-0.39, 0.29) is 17.4 Å². The van der Waals surface area contributed by atoms with Gasteiger partial charge >= 0.3 is 33.9 Å². The number of methoxy groups -OCH3 is 1. The minimum atomic E-state index is 0. The van der Waals surface area contributed by atoms with Crippen LogP contribution in [0.4, 0.5) is 0 Å². The molecule has 0 aliphatic rings. The third kappa shape index (κ3) is 14.1. The summed E-state index contributed by atoms with van der Waals surface area (Å²) in [5.74, 6) is 0.774. The minimum Gasteiger partial charge on any atom is 0 e. The molecule has 1 rings (SSSR count). The number of allylic oxidation sites excluding steroid dienone is 1. The summed E-state index contributed by atoms with van der Waals surface area (Å²) in [7, 11) is 1.60. The van der Waals surface area contributed by atoms with Crippen molar-refractivity contribution in [2.24, 2.45) is 0 Å². The van der Waals surface area contributed by atoms with Crippen molar-refractivity contribution in [3.05, 3.63) is 55.9 Å². The number of ether oxygens (including phenoxy) is 1. The third-order valence-electron chi connectivity index (χ3n) is 1.49. The van der Waals surface area contributed by atoms with Gasteiger partial charge in [0.1, 0.15) is 12.0 Å². The number of para-hydroxylation sites is 1. The Morgan fingerprint density at radius 3 is 1.95 bits per heavy atom. The van der Waals surface area contributed by atoms with Gasteiger partial charge in [0.05, 0.1) is 7.11 Å². The zero-order chi connectivity index (χ0) is 14.8. The quantitative estimate of drug-likeness (QED) is 0.369. The van der Waals surface area contributed by atoms with Crippen LogP contribution in [-0.4, -0.2) is 13.4 Å². The topological polar surface area (TPSA) is 86.0 Å². The summed E-state index contributed by atoms with van der Waals surface area (Å²) in [6, 6.07) is 7.52. The van der Waals surface area contributed by atoms with Gasteiger partial charge in [-0.2, -0.15) is 0 Å². The summed E-state index contributed by atoms with van der Waals surface area (Å²) >= 11 is 0. The number of carbonyl (C=O) groups is 1. The number of hydrogen-bond donors (Lipinski definition) is 0. The molecule has 98 valence electrons. The van der Waals surface area contributed by atoms with Gasteiger partial charge in [0.15, 0.2) is 0 Å². The molecule has 1 aromatic rings. The summed E-state index contributed by atoms with van der Waals surface area (Å²) in [6.45, 7) is 13.5. The predicted octanol–water partition coefficient (Wildman–Crippen LogP) is 1.79. The summed E-state index contributed by atoms with van der Waals surface area (Å²) in [5.41, 5.74) is 0.909. The van der Waals surface area contributed by atoms with E-state index in [4.69, 9.17) is 18.7 Å². The number of hydrogen-bond acceptors (Lipinski definition) is 2. The summed E-state index contributed by atoms with van der Waals surface area (Å²) in [6.07, 6.45) is 3.90. The molecular formula is C13H10CrO5. The second kappa shape index (κ2) is 25.1. The van der Waals surface area contributed by atoms with Crippen LogP contribution in [0, 0.1) is 20.0 Å². The summed E-state index contributed by atoms with van der Waals surface area (Å²) in [5, 5.41) is 0. The van der Waals surface area contributed by atoms with E-state index in [0.717, 1.165) is 17.6 Å². The monoisotopic (exact) mass is 298 g/mol. The van der Waals surface area contributed by atoms with Crippen LogP contribution >= 0.6 is 0 Å². The van der Waals surface area contributed by atoms with Crippen molar-refractivity contribution in [3.8, 4) is 5.75 Å². The minimum absolute atomic E-state index is 0. The SMILES string of the molecule is COc1ccccc1/C=C/C=O.[C-]#[O+].[C-]#[O+].[C-]#[O+].[Cr]. The van der Waals surface area contributed by atoms with E-state index in [1.54, 1.807) is 13.2 Å². The molecule has 0 amide bonds. The Morgan fingerprint density at radius 1 is 1.05 bits per heavy atom. The molecule has 0 fully saturated rings. The fourth-order valence-corrected chi connectivity index (χ4v) is 0.947. The average Bonchev–Trinajstić information content (AvgIpc) is 2.51. The number of aldehydes is 1. The van der Waals surface area contributed by atoms with Crippen LogP contribution in [0.15, 0.2) is 30.3 Å². The van der Waals surface area contributed by atoms with Gasteiger partial charge in [0.25, 0.3) is 0 Å². The van der Waals surface area contributed by atoms with Crippen molar-refractivity contribution in [1.29, 1.82) is 0 Å². The first-order chi connectivity index (χ1) is 8.88. The van der Waals surface area contributed by atoms with E-state index in [1.165, 1.54) is 6.08 Å². The Bertz CT molecular complexity index is 393. The van der Waals surface area contributed by atoms with Crippen LogP contribution in [0.1, 0.15) is 5.56 Å². The van der Waals surface area contributed by atoms with Crippen LogP contribution in [0.2, 0.25) is 0 Å². The zero-order valence-electron chi connectivity index (χ0n) is 9.99. The molecule has 19 heavy (non-hydrogen) atoms. The molecule has 0 bridgehead atoms. The molecule has 0 N–H and O–H groups in total. The van der Waals surface area contributed by atoms with Gasteiger partial charge in [0.2, 0.25) is 0 Å². The maximum atomic E-state index is 10.1. The van der Waals surface area contributed by atoms with Crippen molar-refractivity contribution in [2.45, 2.75) is 0 Å². The van der Waals surface area contributed by atoms with Gasteiger partial charge in [-0.25, -0.2) is 0 Å². The normalized spacial score (nSPS) is 6.68. The molecule has 6 heteroatoms. The first-order valence-corrected chi connectivity index (χ1v) is 4.24. The molecule has 0 saturated heterocycles. The van der Waals surface area contributed by atoms with Gasteiger partial charge in [-0.1, -0.05) is 18.2 Å². The van der Waals surface area contributed by atoms with Crippen LogP contribution in [-0.2, 0) is 36.1 Å². The number of carbonyl (C=O) groups excluding carboxylic acids is 1. The van der Waals surface area contributed by atoms with Crippen LogP contribution in [0.3, 0.4) is 0 Å². The fourth-order valence-electron chi connectivity index (χ4n) is 0.947. The molecule has 0 aromatic heterocycles.